The molecule has 0 heterocycles. The number of nitrogens with one attached hydrogen (secondary N) is 1. The third-order valence-corrected chi connectivity index (χ3v) is 2.83. The fourth-order valence-electron chi connectivity index (χ4n) is 1.71. The molecule has 0 aliphatic heterocycles. The summed E-state index contributed by atoms with van der Waals surface area (Å²) < 4.78 is 0. The number of nitrogens with two attached hydrogens (primary N) is 1. The maximum atomic E-state index is 11.9. The molecule has 0 spiro atoms. The minimum Gasteiger partial charge on any atom is -0.394 e. The van der Waals surface area contributed by atoms with E-state index in [4.69, 9.17) is 10.8 Å². The van der Waals surface area contributed by atoms with Gasteiger partial charge in [-0.3, -0.25) is 4.79 Å². The van der Waals surface area contributed by atoms with E-state index in [-0.39, 0.29) is 18.6 Å². The predicted molar refractivity (Wildman–Crippen MR) is 74.9 cm³/mol. The second-order valence-corrected chi connectivity index (χ2v) is 4.23. The molecule has 0 radical (unpaired) electrons. The second-order valence-electron chi connectivity index (χ2n) is 4.23. The van der Waals surface area contributed by atoms with Gasteiger partial charge in [-0.25, -0.2) is 0 Å². The molecule has 0 fully saturated rings. The highest BCUT2D eigenvalue weighted by molar-refractivity contribution is 6.04. The predicted octanol–water partition coefficient (Wildman–Crippen LogP) is 1.93. The van der Waals surface area contributed by atoms with Gasteiger partial charge in [-0.05, 0) is 29.8 Å². The van der Waals surface area contributed by atoms with Crippen molar-refractivity contribution in [3.8, 4) is 0 Å². The van der Waals surface area contributed by atoms with E-state index in [0.717, 1.165) is 5.56 Å². The Labute approximate surface area is 111 Å². The Morgan fingerprint density at radius 1 is 1.11 bits per heavy atom. The van der Waals surface area contributed by atoms with E-state index in [1.54, 1.807) is 36.4 Å². The zero-order valence-electron chi connectivity index (χ0n) is 10.4. The number of anilines is 1. The van der Waals surface area contributed by atoms with Gasteiger partial charge in [-0.15, -0.1) is 0 Å². The first-order chi connectivity index (χ1) is 9.20. The molecule has 0 saturated carbocycles. The first-order valence-electron chi connectivity index (χ1n) is 6.03. The van der Waals surface area contributed by atoms with Crippen molar-refractivity contribution in [2.45, 2.75) is 6.04 Å². The summed E-state index contributed by atoms with van der Waals surface area (Å²) >= 11 is 0. The smallest absolute Gasteiger partial charge is 0.255 e. The Bertz CT molecular complexity index is 538. The molecule has 4 N–H and O–H groups in total. The van der Waals surface area contributed by atoms with Crippen molar-refractivity contribution in [2.75, 3.05) is 11.9 Å². The highest BCUT2D eigenvalue weighted by Crippen LogP contribution is 2.15. The normalized spacial score (nSPS) is 11.9. The van der Waals surface area contributed by atoms with Gasteiger partial charge in [0.25, 0.3) is 5.91 Å². The lowest BCUT2D eigenvalue weighted by molar-refractivity contribution is 0.102. The summed E-state index contributed by atoms with van der Waals surface area (Å²) in [6.07, 6.45) is 0. The molecule has 98 valence electrons. The lowest BCUT2D eigenvalue weighted by Crippen LogP contribution is -2.15. The largest absolute Gasteiger partial charge is 0.394 e. The number of aliphatic hydroxyl groups is 1. The molecular weight excluding hydrogens is 240 g/mol. The molecule has 4 heteroatoms. The van der Waals surface area contributed by atoms with E-state index in [2.05, 4.69) is 5.32 Å². The van der Waals surface area contributed by atoms with Gasteiger partial charge in [-0.2, -0.15) is 0 Å². The third kappa shape index (κ3) is 3.40. The molecule has 4 nitrogen and oxygen atoms in total. The van der Waals surface area contributed by atoms with Crippen LogP contribution in [-0.4, -0.2) is 17.6 Å². The van der Waals surface area contributed by atoms with Crippen molar-refractivity contribution in [3.63, 3.8) is 0 Å². The van der Waals surface area contributed by atoms with Gasteiger partial charge < -0.3 is 16.2 Å². The number of hydrogen-bond acceptors (Lipinski definition) is 3. The molecule has 0 saturated heterocycles. The fourth-order valence-corrected chi connectivity index (χ4v) is 1.71. The van der Waals surface area contributed by atoms with Crippen LogP contribution in [0, 0.1) is 0 Å². The lowest BCUT2D eigenvalue weighted by atomic mass is 10.1. The number of carbonyl (C=O) groups is 1. The Kier molecular flexibility index (Phi) is 4.28. The quantitative estimate of drug-likeness (QED) is 0.782. The third-order valence-electron chi connectivity index (χ3n) is 2.83. The van der Waals surface area contributed by atoms with Gasteiger partial charge in [0.15, 0.2) is 0 Å². The van der Waals surface area contributed by atoms with Crippen LogP contribution in [0.25, 0.3) is 0 Å². The first kappa shape index (κ1) is 13.3. The summed E-state index contributed by atoms with van der Waals surface area (Å²) in [6, 6.07) is 15.7. The summed E-state index contributed by atoms with van der Waals surface area (Å²) in [4.78, 5) is 11.9. The van der Waals surface area contributed by atoms with Crippen molar-refractivity contribution < 1.29 is 9.90 Å². The summed E-state index contributed by atoms with van der Waals surface area (Å²) in [5, 5.41) is 11.8. The van der Waals surface area contributed by atoms with Crippen molar-refractivity contribution >= 4 is 11.6 Å². The summed E-state index contributed by atoms with van der Waals surface area (Å²) in [5.41, 5.74) is 7.84. The summed E-state index contributed by atoms with van der Waals surface area (Å²) in [7, 11) is 0. The van der Waals surface area contributed by atoms with Crippen molar-refractivity contribution in [1.82, 2.24) is 0 Å². The van der Waals surface area contributed by atoms with E-state index in [0.29, 0.717) is 11.3 Å². The van der Waals surface area contributed by atoms with Gasteiger partial charge in [-0.1, -0.05) is 30.3 Å². The second kappa shape index (κ2) is 6.13. The molecule has 2 rings (SSSR count). The van der Waals surface area contributed by atoms with Crippen LogP contribution in [0.15, 0.2) is 54.6 Å². The summed E-state index contributed by atoms with van der Waals surface area (Å²) in [6.45, 7) is -0.101. The van der Waals surface area contributed by atoms with Crippen LogP contribution < -0.4 is 11.1 Å². The van der Waals surface area contributed by atoms with E-state index in [9.17, 15) is 4.79 Å². The monoisotopic (exact) mass is 256 g/mol. The minimum atomic E-state index is -0.390. The first-order valence-corrected chi connectivity index (χ1v) is 6.03. The van der Waals surface area contributed by atoms with Crippen molar-refractivity contribution in [2.24, 2.45) is 5.73 Å². The SMILES string of the molecule is N[C@H](CO)c1ccc(NC(=O)c2ccccc2)cc1. The molecular formula is C15H16N2O2. The summed E-state index contributed by atoms with van der Waals surface area (Å²) in [5.74, 6) is -0.153. The molecule has 1 atom stereocenters. The van der Waals surface area contributed by atoms with Crippen LogP contribution in [0.5, 0.6) is 0 Å². The molecule has 19 heavy (non-hydrogen) atoms. The highest BCUT2D eigenvalue weighted by Gasteiger charge is 2.06. The van der Waals surface area contributed by atoms with Crippen LogP contribution in [0.4, 0.5) is 5.69 Å². The van der Waals surface area contributed by atoms with Gasteiger partial charge in [0, 0.05) is 11.3 Å². The maximum absolute atomic E-state index is 11.9. The molecule has 2 aromatic rings. The number of carbonyl (C=O) groups excluding carboxylic acids is 1. The average Bonchev–Trinajstić information content (AvgIpc) is 2.48. The Balaban J connectivity index is 2.06. The van der Waals surface area contributed by atoms with Crippen LogP contribution >= 0.6 is 0 Å². The molecule has 0 aliphatic carbocycles. The van der Waals surface area contributed by atoms with E-state index >= 15 is 0 Å². The van der Waals surface area contributed by atoms with E-state index in [1.165, 1.54) is 0 Å². The van der Waals surface area contributed by atoms with E-state index < -0.39 is 0 Å². The number of aliphatic hydroxyl groups excluding tert-OH is 1. The Morgan fingerprint density at radius 3 is 2.32 bits per heavy atom. The van der Waals surface area contributed by atoms with Crippen LogP contribution in [0.1, 0.15) is 22.0 Å². The van der Waals surface area contributed by atoms with Crippen molar-refractivity contribution in [1.29, 1.82) is 0 Å². The minimum absolute atomic E-state index is 0.101. The number of rotatable bonds is 4. The highest BCUT2D eigenvalue weighted by atomic mass is 16.3. The molecule has 1 amide bonds. The van der Waals surface area contributed by atoms with Crippen LogP contribution in [0.3, 0.4) is 0 Å². The fraction of sp³-hybridized carbons (Fsp3) is 0.133. The molecule has 0 aromatic heterocycles. The Hall–Kier alpha value is -2.17. The van der Waals surface area contributed by atoms with Crippen LogP contribution in [-0.2, 0) is 0 Å². The van der Waals surface area contributed by atoms with Gasteiger partial charge in [0.2, 0.25) is 0 Å². The zero-order chi connectivity index (χ0) is 13.7. The molecule has 0 bridgehead atoms. The number of benzene rings is 2. The number of hydrogen-bond donors (Lipinski definition) is 3. The van der Waals surface area contributed by atoms with Gasteiger partial charge >= 0.3 is 0 Å². The van der Waals surface area contributed by atoms with Crippen LogP contribution in [0.2, 0.25) is 0 Å². The Morgan fingerprint density at radius 2 is 1.74 bits per heavy atom. The molecule has 0 aliphatic rings. The standard InChI is InChI=1S/C15H16N2O2/c16-14(10-18)11-6-8-13(9-7-11)17-15(19)12-4-2-1-3-5-12/h1-9,14,18H,10,16H2,(H,17,19)/t14-/m1/s1. The zero-order valence-corrected chi connectivity index (χ0v) is 10.4. The van der Waals surface area contributed by atoms with Crippen molar-refractivity contribution in [3.05, 3.63) is 65.7 Å². The van der Waals surface area contributed by atoms with E-state index in [1.807, 2.05) is 18.2 Å². The topological polar surface area (TPSA) is 75.3 Å². The molecule has 0 unspecified atom stereocenters. The maximum Gasteiger partial charge on any atom is 0.255 e. The average molecular weight is 256 g/mol. The van der Waals surface area contributed by atoms with Gasteiger partial charge in [0.05, 0.1) is 12.6 Å². The molecule has 2 aromatic carbocycles. The van der Waals surface area contributed by atoms with Gasteiger partial charge in [0.1, 0.15) is 0 Å². The number of amides is 1. The lowest BCUT2D eigenvalue weighted by Gasteiger charge is -2.10.